The number of aromatic amines is 1. The molecule has 0 atom stereocenters. The molecule has 0 aliphatic rings. The maximum Gasteiger partial charge on any atom is 0.225 e. The van der Waals surface area contributed by atoms with Crippen molar-refractivity contribution in [2.75, 3.05) is 11.1 Å². The number of benzene rings is 1. The average Bonchev–Trinajstić information content (AvgIpc) is 2.83. The van der Waals surface area contributed by atoms with Crippen molar-refractivity contribution >= 4 is 23.4 Å². The number of aromatic nitrogens is 3. The van der Waals surface area contributed by atoms with Crippen LogP contribution in [-0.2, 0) is 4.79 Å². The Balaban J connectivity index is 1.71. The zero-order chi connectivity index (χ0) is 11.9. The lowest BCUT2D eigenvalue weighted by Gasteiger charge is -2.03. The van der Waals surface area contributed by atoms with Crippen molar-refractivity contribution in [1.82, 2.24) is 15.4 Å². The summed E-state index contributed by atoms with van der Waals surface area (Å²) in [6, 6.07) is 9.42. The van der Waals surface area contributed by atoms with E-state index in [1.165, 1.54) is 11.8 Å². The van der Waals surface area contributed by atoms with E-state index in [1.807, 2.05) is 30.3 Å². The fraction of sp³-hybridized carbons (Fsp3) is 0.182. The van der Waals surface area contributed by atoms with Crippen molar-refractivity contribution in [1.29, 1.82) is 0 Å². The summed E-state index contributed by atoms with van der Waals surface area (Å²) in [7, 11) is 0. The SMILES string of the molecule is O=C(CCSc1cn[nH]n1)Nc1ccccc1. The summed E-state index contributed by atoms with van der Waals surface area (Å²) in [4.78, 5) is 11.6. The number of hydrogen-bond acceptors (Lipinski definition) is 4. The third-order valence-electron chi connectivity index (χ3n) is 2.03. The largest absolute Gasteiger partial charge is 0.326 e. The summed E-state index contributed by atoms with van der Waals surface area (Å²) in [5, 5.41) is 13.7. The van der Waals surface area contributed by atoms with E-state index in [4.69, 9.17) is 0 Å². The molecule has 1 amide bonds. The van der Waals surface area contributed by atoms with Crippen LogP contribution in [0.15, 0.2) is 41.6 Å². The lowest BCUT2D eigenvalue weighted by atomic mass is 10.3. The molecule has 1 aromatic carbocycles. The number of carbonyl (C=O) groups is 1. The van der Waals surface area contributed by atoms with E-state index >= 15 is 0 Å². The maximum absolute atomic E-state index is 11.6. The number of carbonyl (C=O) groups excluding carboxylic acids is 1. The minimum absolute atomic E-state index is 0.00666. The van der Waals surface area contributed by atoms with Crippen LogP contribution in [0.2, 0.25) is 0 Å². The zero-order valence-electron chi connectivity index (χ0n) is 9.09. The highest BCUT2D eigenvalue weighted by molar-refractivity contribution is 7.99. The summed E-state index contributed by atoms with van der Waals surface area (Å²) in [5.41, 5.74) is 0.823. The molecule has 0 unspecified atom stereocenters. The van der Waals surface area contributed by atoms with Gasteiger partial charge >= 0.3 is 0 Å². The van der Waals surface area contributed by atoms with Gasteiger partial charge in [0.05, 0.1) is 6.20 Å². The van der Waals surface area contributed by atoms with Crippen LogP contribution >= 0.6 is 11.8 Å². The van der Waals surface area contributed by atoms with Crippen molar-refractivity contribution in [2.24, 2.45) is 0 Å². The molecule has 17 heavy (non-hydrogen) atoms. The van der Waals surface area contributed by atoms with Crippen LogP contribution in [-0.4, -0.2) is 27.1 Å². The van der Waals surface area contributed by atoms with Crippen LogP contribution in [0.1, 0.15) is 6.42 Å². The molecule has 0 saturated carbocycles. The Morgan fingerprint density at radius 2 is 2.18 bits per heavy atom. The van der Waals surface area contributed by atoms with E-state index in [1.54, 1.807) is 6.20 Å². The number of rotatable bonds is 5. The lowest BCUT2D eigenvalue weighted by Crippen LogP contribution is -2.11. The van der Waals surface area contributed by atoms with Gasteiger partial charge in [-0.05, 0) is 12.1 Å². The molecule has 2 rings (SSSR count). The van der Waals surface area contributed by atoms with Crippen molar-refractivity contribution in [2.45, 2.75) is 11.4 Å². The highest BCUT2D eigenvalue weighted by Gasteiger charge is 2.03. The molecule has 2 N–H and O–H groups in total. The van der Waals surface area contributed by atoms with Gasteiger partial charge in [-0.25, -0.2) is 0 Å². The molecular formula is C11H12N4OS. The Kier molecular flexibility index (Phi) is 4.15. The first kappa shape index (κ1) is 11.7. The molecule has 0 aliphatic carbocycles. The second kappa shape index (κ2) is 6.05. The number of para-hydroxylation sites is 1. The van der Waals surface area contributed by atoms with Crippen LogP contribution in [0, 0.1) is 0 Å². The monoisotopic (exact) mass is 248 g/mol. The van der Waals surface area contributed by atoms with E-state index in [0.717, 1.165) is 10.7 Å². The number of nitrogens with one attached hydrogen (secondary N) is 2. The topological polar surface area (TPSA) is 70.7 Å². The molecule has 0 saturated heterocycles. The van der Waals surface area contributed by atoms with Gasteiger partial charge in [-0.2, -0.15) is 10.3 Å². The van der Waals surface area contributed by atoms with Crippen LogP contribution in [0.5, 0.6) is 0 Å². The minimum atomic E-state index is 0.00666. The van der Waals surface area contributed by atoms with Gasteiger partial charge in [0.15, 0.2) is 0 Å². The first-order valence-corrected chi connectivity index (χ1v) is 6.16. The molecule has 2 aromatic rings. The predicted molar refractivity (Wildman–Crippen MR) is 66.8 cm³/mol. The van der Waals surface area contributed by atoms with Gasteiger partial charge in [0, 0.05) is 17.9 Å². The van der Waals surface area contributed by atoms with Gasteiger partial charge in [-0.3, -0.25) is 4.79 Å². The van der Waals surface area contributed by atoms with E-state index in [9.17, 15) is 4.79 Å². The third kappa shape index (κ3) is 3.92. The van der Waals surface area contributed by atoms with Crippen molar-refractivity contribution in [3.8, 4) is 0 Å². The first-order valence-electron chi connectivity index (χ1n) is 5.18. The van der Waals surface area contributed by atoms with Gasteiger partial charge in [0.25, 0.3) is 0 Å². The molecule has 1 heterocycles. The Morgan fingerprint density at radius 3 is 2.88 bits per heavy atom. The Bertz CT molecular complexity index is 458. The quantitative estimate of drug-likeness (QED) is 0.793. The average molecular weight is 248 g/mol. The maximum atomic E-state index is 11.6. The second-order valence-electron chi connectivity index (χ2n) is 3.32. The van der Waals surface area contributed by atoms with Gasteiger partial charge < -0.3 is 5.32 Å². The van der Waals surface area contributed by atoms with Gasteiger partial charge in [-0.1, -0.05) is 18.2 Å². The smallest absolute Gasteiger partial charge is 0.225 e. The summed E-state index contributed by atoms with van der Waals surface area (Å²) in [5.74, 6) is 0.692. The summed E-state index contributed by atoms with van der Waals surface area (Å²) in [6.07, 6.45) is 2.09. The summed E-state index contributed by atoms with van der Waals surface area (Å²) in [6.45, 7) is 0. The van der Waals surface area contributed by atoms with E-state index in [-0.39, 0.29) is 5.91 Å². The molecule has 1 aromatic heterocycles. The number of thioether (sulfide) groups is 1. The van der Waals surface area contributed by atoms with Crippen molar-refractivity contribution < 1.29 is 4.79 Å². The standard InChI is InChI=1S/C11H12N4OS/c16-10(13-9-4-2-1-3-5-9)6-7-17-11-8-12-15-14-11/h1-5,8H,6-7H2,(H,13,16)(H,12,14,15). The number of hydrogen-bond donors (Lipinski definition) is 2. The summed E-state index contributed by atoms with van der Waals surface area (Å²) < 4.78 is 0. The van der Waals surface area contributed by atoms with Crippen LogP contribution in [0.4, 0.5) is 5.69 Å². The number of nitrogens with zero attached hydrogens (tertiary/aromatic N) is 2. The Morgan fingerprint density at radius 1 is 1.35 bits per heavy atom. The van der Waals surface area contributed by atoms with Crippen molar-refractivity contribution in [3.63, 3.8) is 0 Å². The Labute approximate surface area is 103 Å². The van der Waals surface area contributed by atoms with Crippen molar-refractivity contribution in [3.05, 3.63) is 36.5 Å². The van der Waals surface area contributed by atoms with E-state index < -0.39 is 0 Å². The fourth-order valence-electron chi connectivity index (χ4n) is 1.25. The Hall–Kier alpha value is -1.82. The number of H-pyrrole nitrogens is 1. The second-order valence-corrected chi connectivity index (χ2v) is 4.44. The minimum Gasteiger partial charge on any atom is -0.326 e. The summed E-state index contributed by atoms with van der Waals surface area (Å²) >= 11 is 1.50. The van der Waals surface area contributed by atoms with Crippen LogP contribution in [0.25, 0.3) is 0 Å². The fourth-order valence-corrected chi connectivity index (χ4v) is 1.98. The molecule has 6 heteroatoms. The molecule has 0 spiro atoms. The molecule has 0 fully saturated rings. The highest BCUT2D eigenvalue weighted by Crippen LogP contribution is 2.14. The number of amides is 1. The first-order chi connectivity index (χ1) is 8.34. The van der Waals surface area contributed by atoms with Gasteiger partial charge in [-0.15, -0.1) is 16.9 Å². The molecule has 0 bridgehead atoms. The van der Waals surface area contributed by atoms with E-state index in [0.29, 0.717) is 12.2 Å². The molecule has 88 valence electrons. The van der Waals surface area contributed by atoms with E-state index in [2.05, 4.69) is 20.7 Å². The molecule has 0 aliphatic heterocycles. The normalized spacial score (nSPS) is 10.1. The molecule has 5 nitrogen and oxygen atoms in total. The number of anilines is 1. The van der Waals surface area contributed by atoms with Gasteiger partial charge in [0.1, 0.15) is 5.03 Å². The van der Waals surface area contributed by atoms with Gasteiger partial charge in [0.2, 0.25) is 5.91 Å². The molecule has 0 radical (unpaired) electrons. The predicted octanol–water partition coefficient (Wildman–Crippen LogP) is 1.93. The lowest BCUT2D eigenvalue weighted by molar-refractivity contribution is -0.115. The van der Waals surface area contributed by atoms with Crippen LogP contribution in [0.3, 0.4) is 0 Å². The molecular weight excluding hydrogens is 236 g/mol. The highest BCUT2D eigenvalue weighted by atomic mass is 32.2. The zero-order valence-corrected chi connectivity index (χ0v) is 9.91. The van der Waals surface area contributed by atoms with Crippen LogP contribution < -0.4 is 5.32 Å². The third-order valence-corrected chi connectivity index (χ3v) is 2.93.